The lowest BCUT2D eigenvalue weighted by Crippen LogP contribution is -2.56. The van der Waals surface area contributed by atoms with Gasteiger partial charge in [0.15, 0.2) is 0 Å². The molecule has 1 N–H and O–H groups in total. The summed E-state index contributed by atoms with van der Waals surface area (Å²) in [5.74, 6) is 0.0391. The molecule has 5 heteroatoms. The molecule has 4 nitrogen and oxygen atoms in total. The number of rotatable bonds is 4. The fourth-order valence-corrected chi connectivity index (χ4v) is 2.68. The van der Waals surface area contributed by atoms with Gasteiger partial charge in [0.05, 0.1) is 6.61 Å². The van der Waals surface area contributed by atoms with Crippen LogP contribution in [0.25, 0.3) is 0 Å². The average Bonchev–Trinajstić information content (AvgIpc) is 2.39. The van der Waals surface area contributed by atoms with Crippen LogP contribution in [0.5, 0.6) is 0 Å². The highest BCUT2D eigenvalue weighted by Crippen LogP contribution is 2.15. The quantitative estimate of drug-likeness (QED) is 0.925. The van der Waals surface area contributed by atoms with Gasteiger partial charge in [-0.2, -0.15) is 0 Å². The Morgan fingerprint density at radius 2 is 2.00 bits per heavy atom. The highest BCUT2D eigenvalue weighted by atomic mass is 35.5. The van der Waals surface area contributed by atoms with Crippen molar-refractivity contribution in [1.29, 1.82) is 0 Å². The monoisotopic (exact) mass is 296 g/mol. The average molecular weight is 297 g/mol. The minimum absolute atomic E-state index is 0.0391. The Morgan fingerprint density at radius 3 is 2.65 bits per heavy atom. The zero-order valence-electron chi connectivity index (χ0n) is 11.9. The lowest BCUT2D eigenvalue weighted by molar-refractivity contribution is -0.138. The number of nitrogens with one attached hydrogen (secondary N) is 1. The maximum absolute atomic E-state index is 12.1. The first-order valence-electron chi connectivity index (χ1n) is 6.91. The van der Waals surface area contributed by atoms with Crippen LogP contribution in [0.15, 0.2) is 24.3 Å². The maximum Gasteiger partial charge on any atom is 0.248 e. The van der Waals surface area contributed by atoms with Crippen LogP contribution in [0.2, 0.25) is 5.02 Å². The molecule has 2 atom stereocenters. The molecule has 1 aromatic rings. The highest BCUT2D eigenvalue weighted by Gasteiger charge is 2.24. The van der Waals surface area contributed by atoms with Crippen LogP contribution in [0.1, 0.15) is 19.4 Å². The van der Waals surface area contributed by atoms with Crippen LogP contribution in [-0.2, 0) is 16.1 Å². The largest absolute Gasteiger partial charge is 0.367 e. The summed E-state index contributed by atoms with van der Waals surface area (Å²) < 4.78 is 5.49. The van der Waals surface area contributed by atoms with Gasteiger partial charge in [-0.25, -0.2) is 0 Å². The van der Waals surface area contributed by atoms with Crippen molar-refractivity contribution in [3.05, 3.63) is 34.9 Å². The number of piperazine rings is 1. The van der Waals surface area contributed by atoms with E-state index in [2.05, 4.69) is 19.2 Å². The van der Waals surface area contributed by atoms with E-state index < -0.39 is 0 Å². The number of halogens is 1. The van der Waals surface area contributed by atoms with Crippen molar-refractivity contribution in [2.75, 3.05) is 19.7 Å². The van der Waals surface area contributed by atoms with E-state index in [9.17, 15) is 4.79 Å². The van der Waals surface area contributed by atoms with Gasteiger partial charge in [0.2, 0.25) is 5.91 Å². The molecule has 110 valence electrons. The number of ether oxygens (including phenoxy) is 1. The molecular weight excluding hydrogens is 276 g/mol. The molecule has 1 heterocycles. The summed E-state index contributed by atoms with van der Waals surface area (Å²) in [5, 5.41) is 4.07. The van der Waals surface area contributed by atoms with Crippen LogP contribution in [-0.4, -0.2) is 42.6 Å². The second-order valence-electron chi connectivity index (χ2n) is 5.35. The van der Waals surface area contributed by atoms with Crippen molar-refractivity contribution in [1.82, 2.24) is 10.2 Å². The van der Waals surface area contributed by atoms with Gasteiger partial charge in [-0.3, -0.25) is 4.79 Å². The molecule has 0 bridgehead atoms. The molecule has 0 saturated carbocycles. The molecule has 2 unspecified atom stereocenters. The summed E-state index contributed by atoms with van der Waals surface area (Å²) in [6, 6.07) is 8.16. The van der Waals surface area contributed by atoms with Gasteiger partial charge in [-0.1, -0.05) is 29.8 Å². The second kappa shape index (κ2) is 7.07. The van der Waals surface area contributed by atoms with Gasteiger partial charge in [0.1, 0.15) is 6.61 Å². The van der Waals surface area contributed by atoms with Gasteiger partial charge in [0.25, 0.3) is 0 Å². The SMILES string of the molecule is CC1CN(C(=O)COCc2ccccc2Cl)CC(C)N1. The summed E-state index contributed by atoms with van der Waals surface area (Å²) in [7, 11) is 0. The Kier molecular flexibility index (Phi) is 5.40. The Bertz CT molecular complexity index is 457. The molecule has 1 aromatic carbocycles. The summed E-state index contributed by atoms with van der Waals surface area (Å²) in [6.07, 6.45) is 0. The molecule has 20 heavy (non-hydrogen) atoms. The second-order valence-corrected chi connectivity index (χ2v) is 5.76. The minimum Gasteiger partial charge on any atom is -0.367 e. The number of hydrogen-bond acceptors (Lipinski definition) is 3. The number of carbonyl (C=O) groups excluding carboxylic acids is 1. The molecule has 0 radical (unpaired) electrons. The predicted octanol–water partition coefficient (Wildman–Crippen LogP) is 2.07. The Labute approximate surface area is 125 Å². The third-order valence-corrected chi connectivity index (χ3v) is 3.72. The lowest BCUT2D eigenvalue weighted by Gasteiger charge is -2.36. The van der Waals surface area contributed by atoms with E-state index in [4.69, 9.17) is 16.3 Å². The van der Waals surface area contributed by atoms with Crippen LogP contribution in [0, 0.1) is 0 Å². The smallest absolute Gasteiger partial charge is 0.248 e. The number of nitrogens with zero attached hydrogens (tertiary/aromatic N) is 1. The van der Waals surface area contributed by atoms with Crippen LogP contribution in [0.3, 0.4) is 0 Å². The zero-order chi connectivity index (χ0) is 14.5. The normalized spacial score (nSPS) is 22.9. The number of hydrogen-bond donors (Lipinski definition) is 1. The first-order valence-corrected chi connectivity index (χ1v) is 7.29. The molecule has 0 aliphatic carbocycles. The summed E-state index contributed by atoms with van der Waals surface area (Å²) in [5.41, 5.74) is 0.906. The van der Waals surface area contributed by atoms with Crippen LogP contribution in [0.4, 0.5) is 0 Å². The molecule has 2 rings (SSSR count). The Hall–Kier alpha value is -1.10. The van der Waals surface area contributed by atoms with Crippen molar-refractivity contribution in [3.8, 4) is 0 Å². The van der Waals surface area contributed by atoms with E-state index in [1.54, 1.807) is 0 Å². The molecule has 1 saturated heterocycles. The third-order valence-electron chi connectivity index (χ3n) is 3.35. The van der Waals surface area contributed by atoms with Crippen molar-refractivity contribution in [2.24, 2.45) is 0 Å². The topological polar surface area (TPSA) is 41.6 Å². The summed E-state index contributed by atoms with van der Waals surface area (Å²) in [6.45, 7) is 6.10. The summed E-state index contributed by atoms with van der Waals surface area (Å²) in [4.78, 5) is 14.0. The number of amides is 1. The van der Waals surface area contributed by atoms with E-state index in [0.717, 1.165) is 18.7 Å². The predicted molar refractivity (Wildman–Crippen MR) is 79.7 cm³/mol. The lowest BCUT2D eigenvalue weighted by atomic mass is 10.1. The molecule has 1 aliphatic heterocycles. The molecule has 1 amide bonds. The first-order chi connectivity index (χ1) is 9.56. The minimum atomic E-state index is 0.0391. The zero-order valence-corrected chi connectivity index (χ0v) is 12.7. The maximum atomic E-state index is 12.1. The van der Waals surface area contributed by atoms with Crippen molar-refractivity contribution in [3.63, 3.8) is 0 Å². The van der Waals surface area contributed by atoms with Gasteiger partial charge < -0.3 is 15.0 Å². The van der Waals surface area contributed by atoms with Gasteiger partial charge in [-0.05, 0) is 25.5 Å². The van der Waals surface area contributed by atoms with Crippen LogP contribution < -0.4 is 5.32 Å². The van der Waals surface area contributed by atoms with E-state index in [1.165, 1.54) is 0 Å². The summed E-state index contributed by atoms with van der Waals surface area (Å²) >= 11 is 6.04. The van der Waals surface area contributed by atoms with Crippen molar-refractivity contribution < 1.29 is 9.53 Å². The first kappa shape index (κ1) is 15.3. The van der Waals surface area contributed by atoms with E-state index in [-0.39, 0.29) is 12.5 Å². The Morgan fingerprint density at radius 1 is 1.35 bits per heavy atom. The van der Waals surface area contributed by atoms with Gasteiger partial charge in [0, 0.05) is 30.2 Å². The molecule has 1 fully saturated rings. The van der Waals surface area contributed by atoms with E-state index in [0.29, 0.717) is 23.7 Å². The number of benzene rings is 1. The number of carbonyl (C=O) groups is 1. The Balaban J connectivity index is 1.79. The molecule has 0 aromatic heterocycles. The van der Waals surface area contributed by atoms with Crippen molar-refractivity contribution >= 4 is 17.5 Å². The van der Waals surface area contributed by atoms with E-state index >= 15 is 0 Å². The third kappa shape index (κ3) is 4.20. The van der Waals surface area contributed by atoms with E-state index in [1.807, 2.05) is 29.2 Å². The van der Waals surface area contributed by atoms with Crippen LogP contribution >= 0.6 is 11.6 Å². The van der Waals surface area contributed by atoms with Gasteiger partial charge >= 0.3 is 0 Å². The standard InChI is InChI=1S/C15H21ClN2O2/c1-11-7-18(8-12(2)17-11)15(19)10-20-9-13-5-3-4-6-14(13)16/h3-6,11-12,17H,7-10H2,1-2H3. The molecule has 1 aliphatic rings. The fourth-order valence-electron chi connectivity index (χ4n) is 2.49. The van der Waals surface area contributed by atoms with Gasteiger partial charge in [-0.15, -0.1) is 0 Å². The highest BCUT2D eigenvalue weighted by molar-refractivity contribution is 6.31. The molecule has 0 spiro atoms. The fraction of sp³-hybridized carbons (Fsp3) is 0.533. The molecular formula is C15H21ClN2O2. The van der Waals surface area contributed by atoms with Crippen molar-refractivity contribution in [2.45, 2.75) is 32.5 Å².